The van der Waals surface area contributed by atoms with E-state index in [9.17, 15) is 13.2 Å². The first-order chi connectivity index (χ1) is 15.4. The van der Waals surface area contributed by atoms with E-state index < -0.39 is 11.9 Å². The molecule has 0 spiro atoms. The van der Waals surface area contributed by atoms with Gasteiger partial charge in [0, 0.05) is 17.0 Å². The first kappa shape index (κ1) is 23.5. The van der Waals surface area contributed by atoms with Gasteiger partial charge in [0.25, 0.3) is 0 Å². The van der Waals surface area contributed by atoms with E-state index in [0.717, 1.165) is 53.1 Å². The van der Waals surface area contributed by atoms with E-state index in [1.54, 1.807) is 0 Å². The van der Waals surface area contributed by atoms with Crippen molar-refractivity contribution in [2.24, 2.45) is 0 Å². The highest BCUT2D eigenvalue weighted by molar-refractivity contribution is 5.88. The molecule has 3 aromatic rings. The Kier molecular flexibility index (Phi) is 8.03. The normalized spacial score (nSPS) is 11.9. The maximum absolute atomic E-state index is 12.7. The van der Waals surface area contributed by atoms with Crippen LogP contribution in [0.15, 0.2) is 42.7 Å². The lowest BCUT2D eigenvalue weighted by molar-refractivity contribution is -0.141. The van der Waals surface area contributed by atoms with Crippen LogP contribution >= 0.6 is 0 Å². The van der Waals surface area contributed by atoms with Crippen molar-refractivity contribution in [2.45, 2.75) is 45.7 Å². The van der Waals surface area contributed by atoms with Gasteiger partial charge in [-0.3, -0.25) is 0 Å². The summed E-state index contributed by atoms with van der Waals surface area (Å²) >= 11 is 0. The molecule has 170 valence electrons. The first-order valence-corrected chi connectivity index (χ1v) is 10.6. The molecule has 5 nitrogen and oxygen atoms in total. The second-order valence-electron chi connectivity index (χ2n) is 7.30. The summed E-state index contributed by atoms with van der Waals surface area (Å²) in [6, 6.07) is 8.70. The number of aromatic nitrogens is 3. The molecule has 2 aromatic heterocycles. The van der Waals surface area contributed by atoms with Crippen molar-refractivity contribution in [1.29, 1.82) is 0 Å². The average molecular weight is 445 g/mol. The van der Waals surface area contributed by atoms with E-state index in [2.05, 4.69) is 16.9 Å². The third-order valence-corrected chi connectivity index (χ3v) is 4.83. The highest BCUT2D eigenvalue weighted by Gasteiger charge is 2.33. The predicted molar refractivity (Wildman–Crippen MR) is 118 cm³/mol. The molecular formula is C24H26F3N3O2. The maximum atomic E-state index is 12.7. The number of nitrogens with zero attached hydrogens (tertiary/aromatic N) is 3. The summed E-state index contributed by atoms with van der Waals surface area (Å²) < 4.78 is 49.5. The van der Waals surface area contributed by atoms with Crippen molar-refractivity contribution in [1.82, 2.24) is 15.0 Å². The first-order valence-electron chi connectivity index (χ1n) is 10.6. The van der Waals surface area contributed by atoms with Crippen molar-refractivity contribution in [3.8, 4) is 11.6 Å². The van der Waals surface area contributed by atoms with Gasteiger partial charge in [-0.05, 0) is 44.4 Å². The quantitative estimate of drug-likeness (QED) is 0.338. The summed E-state index contributed by atoms with van der Waals surface area (Å²) in [6.45, 7) is 5.02. The molecule has 1 aromatic carbocycles. The van der Waals surface area contributed by atoms with Crippen molar-refractivity contribution in [3.05, 3.63) is 59.7 Å². The van der Waals surface area contributed by atoms with Gasteiger partial charge in [0.1, 0.15) is 12.1 Å². The van der Waals surface area contributed by atoms with Gasteiger partial charge < -0.3 is 9.47 Å². The van der Waals surface area contributed by atoms with Gasteiger partial charge in [-0.2, -0.15) is 13.2 Å². The number of hydrogen-bond donors (Lipinski definition) is 0. The van der Waals surface area contributed by atoms with E-state index >= 15 is 0 Å². The fourth-order valence-corrected chi connectivity index (χ4v) is 3.11. The molecule has 2 heterocycles. The Morgan fingerprint density at radius 2 is 1.81 bits per heavy atom. The molecule has 0 unspecified atom stereocenters. The number of halogens is 3. The van der Waals surface area contributed by atoms with Crippen LogP contribution < -0.4 is 9.47 Å². The van der Waals surface area contributed by atoms with Gasteiger partial charge in [0.15, 0.2) is 5.69 Å². The number of pyridine rings is 1. The van der Waals surface area contributed by atoms with Crippen LogP contribution in [0.3, 0.4) is 0 Å². The van der Waals surface area contributed by atoms with Crippen LogP contribution in [0, 0.1) is 6.92 Å². The molecule has 0 aliphatic carbocycles. The lowest BCUT2D eigenvalue weighted by atomic mass is 10.1. The zero-order valence-corrected chi connectivity index (χ0v) is 18.2. The summed E-state index contributed by atoms with van der Waals surface area (Å²) in [5.74, 6) is 0.772. The van der Waals surface area contributed by atoms with Gasteiger partial charge in [-0.25, -0.2) is 15.0 Å². The van der Waals surface area contributed by atoms with E-state index in [4.69, 9.17) is 14.5 Å². The summed E-state index contributed by atoms with van der Waals surface area (Å²) in [4.78, 5) is 11.7. The molecule has 0 saturated carbocycles. The Hall–Kier alpha value is -3.16. The topological polar surface area (TPSA) is 57.1 Å². The van der Waals surface area contributed by atoms with Crippen molar-refractivity contribution in [3.63, 3.8) is 0 Å². The van der Waals surface area contributed by atoms with Crippen LogP contribution in [-0.4, -0.2) is 28.2 Å². The van der Waals surface area contributed by atoms with Crippen LogP contribution in [0.25, 0.3) is 17.0 Å². The number of fused-ring (bicyclic) bond motifs is 1. The molecule has 3 rings (SSSR count). The van der Waals surface area contributed by atoms with Crippen molar-refractivity contribution in [2.75, 3.05) is 13.2 Å². The molecule has 8 heteroatoms. The summed E-state index contributed by atoms with van der Waals surface area (Å²) in [7, 11) is 0. The van der Waals surface area contributed by atoms with Crippen molar-refractivity contribution < 1.29 is 22.6 Å². The fraction of sp³-hybridized carbons (Fsp3) is 0.375. The van der Waals surface area contributed by atoms with Crippen molar-refractivity contribution >= 4 is 17.0 Å². The molecular weight excluding hydrogens is 419 g/mol. The molecule has 0 radical (unpaired) electrons. The lowest BCUT2D eigenvalue weighted by Gasteiger charge is -2.14. The zero-order chi connectivity index (χ0) is 23.0. The standard InChI is InChI=1S/C24H26F3N3O2/c1-3-4-13-32-23-17(2)19(30-20-12-8-7-10-18(20)23)11-6-5-9-14-31-22-15-21(24(25,26)27)28-16-29-22/h6-8,10-12,15-16H,3-5,9,13-14H2,1-2H3/b11-6+. The second kappa shape index (κ2) is 10.9. The third-order valence-electron chi connectivity index (χ3n) is 4.83. The molecule has 0 aliphatic heterocycles. The van der Waals surface area contributed by atoms with Crippen LogP contribution in [0.4, 0.5) is 13.2 Å². The summed E-state index contributed by atoms with van der Waals surface area (Å²) in [5, 5.41) is 0.995. The molecule has 0 amide bonds. The minimum atomic E-state index is -4.52. The number of benzene rings is 1. The number of para-hydroxylation sites is 1. The van der Waals surface area contributed by atoms with Crippen LogP contribution in [0.2, 0.25) is 0 Å². The van der Waals surface area contributed by atoms with Gasteiger partial charge in [-0.1, -0.05) is 31.6 Å². The number of rotatable bonds is 10. The van der Waals surface area contributed by atoms with Gasteiger partial charge in [-0.15, -0.1) is 0 Å². The van der Waals surface area contributed by atoms with Crippen LogP contribution in [-0.2, 0) is 6.18 Å². The number of allylic oxidation sites excluding steroid dienone is 1. The SMILES string of the molecule is CCCCOc1c(C)c(/C=C/CCCOc2cc(C(F)(F)F)ncn2)nc2ccccc12. The zero-order valence-electron chi connectivity index (χ0n) is 18.2. The van der Waals surface area contributed by atoms with Gasteiger partial charge in [0.05, 0.1) is 24.4 Å². The van der Waals surface area contributed by atoms with Crippen LogP contribution in [0.5, 0.6) is 11.6 Å². The molecule has 32 heavy (non-hydrogen) atoms. The molecule has 0 bridgehead atoms. The molecule has 0 N–H and O–H groups in total. The predicted octanol–water partition coefficient (Wildman–Crippen LogP) is 6.40. The Balaban J connectivity index is 1.60. The van der Waals surface area contributed by atoms with E-state index in [1.807, 2.05) is 43.3 Å². The molecule has 0 saturated heterocycles. The van der Waals surface area contributed by atoms with Gasteiger partial charge >= 0.3 is 6.18 Å². The number of hydrogen-bond acceptors (Lipinski definition) is 5. The van der Waals surface area contributed by atoms with E-state index in [1.165, 1.54) is 0 Å². The Bertz CT molecular complexity index is 1070. The van der Waals surface area contributed by atoms with Gasteiger partial charge in [0.2, 0.25) is 5.88 Å². The highest BCUT2D eigenvalue weighted by atomic mass is 19.4. The third kappa shape index (κ3) is 6.18. The fourth-order valence-electron chi connectivity index (χ4n) is 3.11. The van der Waals surface area contributed by atoms with Crippen LogP contribution in [0.1, 0.15) is 49.6 Å². The number of alkyl halides is 3. The van der Waals surface area contributed by atoms with E-state index in [0.29, 0.717) is 19.4 Å². The highest BCUT2D eigenvalue weighted by Crippen LogP contribution is 2.31. The monoisotopic (exact) mass is 445 g/mol. The lowest BCUT2D eigenvalue weighted by Crippen LogP contribution is -2.09. The Labute approximate surface area is 185 Å². The Morgan fingerprint density at radius 1 is 1.03 bits per heavy atom. The molecule has 0 aliphatic rings. The maximum Gasteiger partial charge on any atom is 0.433 e. The second-order valence-corrected chi connectivity index (χ2v) is 7.30. The molecule has 0 atom stereocenters. The largest absolute Gasteiger partial charge is 0.493 e. The summed E-state index contributed by atoms with van der Waals surface area (Å²) in [5.41, 5.74) is 1.67. The number of unbranched alkanes of at least 4 members (excludes halogenated alkanes) is 2. The van der Waals surface area contributed by atoms with E-state index in [-0.39, 0.29) is 12.5 Å². The molecule has 0 fully saturated rings. The smallest absolute Gasteiger partial charge is 0.433 e. The summed E-state index contributed by atoms with van der Waals surface area (Å²) in [6.07, 6.45) is 3.60. The average Bonchev–Trinajstić information content (AvgIpc) is 2.78. The Morgan fingerprint density at radius 3 is 2.59 bits per heavy atom. The minimum Gasteiger partial charge on any atom is -0.493 e. The number of ether oxygens (including phenoxy) is 2. The minimum absolute atomic E-state index is 0.0859.